The van der Waals surface area contributed by atoms with Crippen molar-refractivity contribution >= 4 is 17.3 Å². The van der Waals surface area contributed by atoms with E-state index in [0.29, 0.717) is 24.3 Å². The van der Waals surface area contributed by atoms with Gasteiger partial charge in [0.1, 0.15) is 11.5 Å². The van der Waals surface area contributed by atoms with E-state index in [9.17, 15) is 9.18 Å². The first kappa shape index (κ1) is 15.0. The van der Waals surface area contributed by atoms with Crippen molar-refractivity contribution in [3.8, 4) is 0 Å². The van der Waals surface area contributed by atoms with Crippen LogP contribution in [0.1, 0.15) is 30.0 Å². The number of nitrogen functional groups attached to an aromatic ring is 1. The third kappa shape index (κ3) is 2.61. The van der Waals surface area contributed by atoms with Crippen molar-refractivity contribution in [1.29, 1.82) is 0 Å². The summed E-state index contributed by atoms with van der Waals surface area (Å²) < 4.78 is 15.4. The van der Waals surface area contributed by atoms with Crippen LogP contribution in [0.15, 0.2) is 24.3 Å². The van der Waals surface area contributed by atoms with E-state index in [-0.39, 0.29) is 17.3 Å². The summed E-state index contributed by atoms with van der Waals surface area (Å²) >= 11 is 0. The molecular formula is C15H19FN4O. The van der Waals surface area contributed by atoms with Gasteiger partial charge in [-0.1, -0.05) is 19.1 Å². The maximum absolute atomic E-state index is 13.9. The van der Waals surface area contributed by atoms with Gasteiger partial charge < -0.3 is 10.6 Å². The van der Waals surface area contributed by atoms with Crippen LogP contribution < -0.4 is 10.6 Å². The van der Waals surface area contributed by atoms with Crippen LogP contribution in [0.2, 0.25) is 0 Å². The van der Waals surface area contributed by atoms with E-state index in [2.05, 4.69) is 5.10 Å². The first-order valence-electron chi connectivity index (χ1n) is 6.88. The number of nitrogens with two attached hydrogens (primary N) is 1. The Labute approximate surface area is 123 Å². The fraction of sp³-hybridized carbons (Fsp3) is 0.333. The van der Waals surface area contributed by atoms with Crippen molar-refractivity contribution in [1.82, 2.24) is 9.78 Å². The van der Waals surface area contributed by atoms with E-state index in [1.807, 2.05) is 6.92 Å². The van der Waals surface area contributed by atoms with E-state index in [1.54, 1.807) is 32.2 Å². The molecule has 1 amide bonds. The smallest absolute Gasteiger partial charge is 0.278 e. The SMILES string of the molecule is CCc1nn(C)c(C(=O)N(CC)c2ccccc2F)c1N. The number of hydrogen-bond acceptors (Lipinski definition) is 3. The van der Waals surface area contributed by atoms with Crippen LogP contribution in [0.25, 0.3) is 0 Å². The summed E-state index contributed by atoms with van der Waals surface area (Å²) in [6, 6.07) is 6.18. The highest BCUT2D eigenvalue weighted by molar-refractivity contribution is 6.08. The largest absolute Gasteiger partial charge is 0.395 e. The fourth-order valence-corrected chi connectivity index (χ4v) is 2.33. The molecule has 1 aromatic carbocycles. The summed E-state index contributed by atoms with van der Waals surface area (Å²) in [6.07, 6.45) is 0.638. The molecule has 0 spiro atoms. The summed E-state index contributed by atoms with van der Waals surface area (Å²) in [5.41, 5.74) is 7.56. The zero-order valence-electron chi connectivity index (χ0n) is 12.4. The zero-order valence-corrected chi connectivity index (χ0v) is 12.4. The molecule has 0 aliphatic rings. The number of hydrogen-bond donors (Lipinski definition) is 1. The second-order valence-electron chi connectivity index (χ2n) is 4.69. The number of aryl methyl sites for hydroxylation is 2. The van der Waals surface area contributed by atoms with E-state index in [0.717, 1.165) is 0 Å². The summed E-state index contributed by atoms with van der Waals surface area (Å²) in [5, 5.41) is 4.23. The molecule has 112 valence electrons. The lowest BCUT2D eigenvalue weighted by Crippen LogP contribution is -2.33. The molecule has 0 unspecified atom stereocenters. The Balaban J connectivity index is 2.47. The van der Waals surface area contributed by atoms with Crippen molar-refractivity contribution in [2.75, 3.05) is 17.2 Å². The average Bonchev–Trinajstić information content (AvgIpc) is 2.76. The van der Waals surface area contributed by atoms with Gasteiger partial charge in [0.15, 0.2) is 0 Å². The highest BCUT2D eigenvalue weighted by atomic mass is 19.1. The van der Waals surface area contributed by atoms with Crippen LogP contribution in [0.4, 0.5) is 15.8 Å². The number of aromatic nitrogens is 2. The van der Waals surface area contributed by atoms with Crippen LogP contribution in [-0.4, -0.2) is 22.2 Å². The minimum absolute atomic E-state index is 0.239. The van der Waals surface area contributed by atoms with Gasteiger partial charge in [0, 0.05) is 13.6 Å². The third-order valence-electron chi connectivity index (χ3n) is 3.40. The number of rotatable bonds is 4. The fourth-order valence-electron chi connectivity index (χ4n) is 2.33. The lowest BCUT2D eigenvalue weighted by Gasteiger charge is -2.21. The van der Waals surface area contributed by atoms with Crippen molar-refractivity contribution in [2.24, 2.45) is 7.05 Å². The number of benzene rings is 1. The predicted molar refractivity (Wildman–Crippen MR) is 80.7 cm³/mol. The van der Waals surface area contributed by atoms with Crippen LogP contribution in [0.5, 0.6) is 0 Å². The quantitative estimate of drug-likeness (QED) is 0.940. The van der Waals surface area contributed by atoms with Crippen LogP contribution in [-0.2, 0) is 13.5 Å². The van der Waals surface area contributed by atoms with E-state index >= 15 is 0 Å². The van der Waals surface area contributed by atoms with E-state index in [4.69, 9.17) is 5.73 Å². The molecule has 6 heteroatoms. The molecule has 2 N–H and O–H groups in total. The van der Waals surface area contributed by atoms with Crippen LogP contribution >= 0.6 is 0 Å². The normalized spacial score (nSPS) is 10.7. The van der Waals surface area contributed by atoms with Crippen molar-refractivity contribution in [3.63, 3.8) is 0 Å². The maximum atomic E-state index is 13.9. The molecular weight excluding hydrogens is 271 g/mol. The molecule has 0 saturated carbocycles. The summed E-state index contributed by atoms with van der Waals surface area (Å²) in [6.45, 7) is 4.05. The van der Waals surface area contributed by atoms with Gasteiger partial charge >= 0.3 is 0 Å². The number of carbonyl (C=O) groups is 1. The highest BCUT2D eigenvalue weighted by Gasteiger charge is 2.25. The molecule has 0 aliphatic heterocycles. The lowest BCUT2D eigenvalue weighted by molar-refractivity contribution is 0.0979. The van der Waals surface area contributed by atoms with Gasteiger partial charge in [-0.3, -0.25) is 9.48 Å². The first-order chi connectivity index (χ1) is 10.0. The summed E-state index contributed by atoms with van der Waals surface area (Å²) in [4.78, 5) is 14.1. The Morgan fingerprint density at radius 3 is 2.57 bits per heavy atom. The van der Waals surface area contributed by atoms with Gasteiger partial charge in [-0.05, 0) is 25.5 Å². The first-order valence-corrected chi connectivity index (χ1v) is 6.88. The lowest BCUT2D eigenvalue weighted by atomic mass is 10.2. The maximum Gasteiger partial charge on any atom is 0.278 e. The second-order valence-corrected chi connectivity index (χ2v) is 4.69. The molecule has 0 saturated heterocycles. The molecule has 1 heterocycles. The third-order valence-corrected chi connectivity index (χ3v) is 3.40. The van der Waals surface area contributed by atoms with Crippen LogP contribution in [0, 0.1) is 5.82 Å². The van der Waals surface area contributed by atoms with Gasteiger partial charge in [0.2, 0.25) is 0 Å². The molecule has 5 nitrogen and oxygen atoms in total. The Morgan fingerprint density at radius 1 is 1.38 bits per heavy atom. The number of nitrogens with zero attached hydrogens (tertiary/aromatic N) is 3. The number of para-hydroxylation sites is 1. The average molecular weight is 290 g/mol. The van der Waals surface area contributed by atoms with Gasteiger partial charge in [-0.2, -0.15) is 5.10 Å². The number of amides is 1. The topological polar surface area (TPSA) is 64.2 Å². The standard InChI is InChI=1S/C15H19FN4O/c1-4-11-13(17)14(19(3)18-11)15(21)20(5-2)12-9-7-6-8-10(12)16/h6-9H,4-5,17H2,1-3H3. The Morgan fingerprint density at radius 2 is 2.05 bits per heavy atom. The molecule has 0 bridgehead atoms. The molecule has 1 aromatic heterocycles. The van der Waals surface area contributed by atoms with E-state index in [1.165, 1.54) is 15.6 Å². The molecule has 0 fully saturated rings. The number of anilines is 2. The minimum Gasteiger partial charge on any atom is -0.395 e. The van der Waals surface area contributed by atoms with Gasteiger partial charge in [0.05, 0.1) is 17.1 Å². The van der Waals surface area contributed by atoms with Gasteiger partial charge in [-0.15, -0.1) is 0 Å². The monoisotopic (exact) mass is 290 g/mol. The Kier molecular flexibility index (Phi) is 4.26. The van der Waals surface area contributed by atoms with Gasteiger partial charge in [0.25, 0.3) is 5.91 Å². The van der Waals surface area contributed by atoms with Crippen molar-refractivity contribution in [3.05, 3.63) is 41.5 Å². The predicted octanol–water partition coefficient (Wildman–Crippen LogP) is 2.37. The Hall–Kier alpha value is -2.37. The summed E-state index contributed by atoms with van der Waals surface area (Å²) in [7, 11) is 1.66. The van der Waals surface area contributed by atoms with Crippen LogP contribution in [0.3, 0.4) is 0 Å². The van der Waals surface area contributed by atoms with Crippen molar-refractivity contribution in [2.45, 2.75) is 20.3 Å². The Bertz CT molecular complexity index is 666. The zero-order chi connectivity index (χ0) is 15.6. The summed E-state index contributed by atoms with van der Waals surface area (Å²) in [5.74, 6) is -0.793. The number of halogens is 1. The molecule has 2 aromatic rings. The van der Waals surface area contributed by atoms with Crippen molar-refractivity contribution < 1.29 is 9.18 Å². The molecule has 0 atom stereocenters. The molecule has 0 aliphatic carbocycles. The minimum atomic E-state index is -0.441. The van der Waals surface area contributed by atoms with E-state index < -0.39 is 5.82 Å². The molecule has 21 heavy (non-hydrogen) atoms. The highest BCUT2D eigenvalue weighted by Crippen LogP contribution is 2.24. The molecule has 0 radical (unpaired) electrons. The van der Waals surface area contributed by atoms with Gasteiger partial charge in [-0.25, -0.2) is 4.39 Å². The second kappa shape index (κ2) is 5.95. The number of carbonyl (C=O) groups excluding carboxylic acids is 1. The molecule has 2 rings (SSSR count).